The van der Waals surface area contributed by atoms with Crippen molar-refractivity contribution in [2.75, 3.05) is 4.90 Å². The van der Waals surface area contributed by atoms with E-state index in [4.69, 9.17) is 11.6 Å². The molecule has 2 aliphatic heterocycles. The largest absolute Gasteiger partial charge is 0.416 e. The van der Waals surface area contributed by atoms with Crippen molar-refractivity contribution < 1.29 is 27.6 Å². The molecule has 40 heavy (non-hydrogen) atoms. The topological polar surface area (TPSA) is 54.5 Å². The van der Waals surface area contributed by atoms with Crippen LogP contribution in [0.15, 0.2) is 72.8 Å². The maximum Gasteiger partial charge on any atom is 0.416 e. The average molecular weight is 564 g/mol. The molecule has 4 nitrogen and oxygen atoms in total. The van der Waals surface area contributed by atoms with E-state index in [1.807, 2.05) is 4.90 Å². The van der Waals surface area contributed by atoms with E-state index < -0.39 is 52.1 Å². The van der Waals surface area contributed by atoms with Gasteiger partial charge in [0.05, 0.1) is 17.6 Å². The molecule has 1 aliphatic carbocycles. The first-order valence-corrected chi connectivity index (χ1v) is 13.3. The maximum atomic E-state index is 14.5. The molecule has 0 bridgehead atoms. The summed E-state index contributed by atoms with van der Waals surface area (Å²) in [6.45, 7) is 5.28. The molecule has 1 fully saturated rings. The second kappa shape index (κ2) is 8.64. The zero-order chi connectivity index (χ0) is 28.8. The number of ketones is 3. The summed E-state index contributed by atoms with van der Waals surface area (Å²) in [4.78, 5) is 45.1. The number of hydrogen-bond donors (Lipinski definition) is 0. The number of fused-ring (bicyclic) bond motifs is 5. The Morgan fingerprint density at radius 3 is 2.05 bits per heavy atom. The van der Waals surface area contributed by atoms with Crippen LogP contribution >= 0.6 is 11.6 Å². The number of carbonyl (C=O) groups excluding carboxylic acids is 3. The van der Waals surface area contributed by atoms with Crippen molar-refractivity contribution >= 4 is 40.7 Å². The summed E-state index contributed by atoms with van der Waals surface area (Å²) < 4.78 is 40.5. The van der Waals surface area contributed by atoms with Crippen molar-refractivity contribution in [2.45, 2.75) is 44.9 Å². The molecule has 6 rings (SSSR count). The first-order chi connectivity index (χ1) is 18.8. The minimum absolute atomic E-state index is 0.230. The van der Waals surface area contributed by atoms with Crippen LogP contribution in [0.4, 0.5) is 18.9 Å². The number of benzene rings is 3. The fourth-order valence-corrected chi connectivity index (χ4v) is 6.82. The first kappa shape index (κ1) is 26.5. The molecule has 0 radical (unpaired) electrons. The molecule has 3 aliphatic rings. The Morgan fingerprint density at radius 2 is 1.50 bits per heavy atom. The number of alkyl halides is 3. The van der Waals surface area contributed by atoms with E-state index in [0.717, 1.165) is 12.1 Å². The third kappa shape index (κ3) is 3.56. The monoisotopic (exact) mass is 563 g/mol. The van der Waals surface area contributed by atoms with Crippen LogP contribution in [-0.4, -0.2) is 29.4 Å². The highest BCUT2D eigenvalue weighted by Gasteiger charge is 2.71. The highest BCUT2D eigenvalue weighted by Crippen LogP contribution is 2.61. The lowest BCUT2D eigenvalue weighted by atomic mass is 9.63. The SMILES string of the molecule is CC(C)(C)C(=O)[C@H]1[C@H](c2ccc(C(F)(F)F)cc2)C2(C(=O)c3ccccc3C2=O)C2C=Cc3cc(Cl)ccc3N21. The Hall–Kier alpha value is -3.71. The van der Waals surface area contributed by atoms with Crippen LogP contribution in [0.25, 0.3) is 6.08 Å². The molecule has 0 amide bonds. The van der Waals surface area contributed by atoms with Crippen LogP contribution in [0.3, 0.4) is 0 Å². The van der Waals surface area contributed by atoms with Crippen LogP contribution in [0.5, 0.6) is 0 Å². The number of rotatable bonds is 2. The molecule has 0 N–H and O–H groups in total. The van der Waals surface area contributed by atoms with E-state index in [9.17, 15) is 27.6 Å². The summed E-state index contributed by atoms with van der Waals surface area (Å²) in [5, 5.41) is 0.481. The molecule has 1 spiro atoms. The van der Waals surface area contributed by atoms with Gasteiger partial charge in [-0.15, -0.1) is 0 Å². The summed E-state index contributed by atoms with van der Waals surface area (Å²) >= 11 is 6.28. The summed E-state index contributed by atoms with van der Waals surface area (Å²) in [5.74, 6) is -2.14. The Kier molecular flexibility index (Phi) is 5.73. The lowest BCUT2D eigenvalue weighted by Crippen LogP contribution is -2.49. The average Bonchev–Trinajstić information content (AvgIpc) is 3.33. The fourth-order valence-electron chi connectivity index (χ4n) is 6.64. The Balaban J connectivity index is 1.67. The third-order valence-electron chi connectivity index (χ3n) is 8.37. The molecule has 3 aromatic carbocycles. The van der Waals surface area contributed by atoms with Gasteiger partial charge >= 0.3 is 6.18 Å². The Morgan fingerprint density at radius 1 is 0.900 bits per heavy atom. The number of Topliss-reactive ketones (excluding diaryl/α,β-unsaturated/α-hetero) is 3. The Labute approximate surface area is 234 Å². The number of nitrogens with zero attached hydrogens (tertiary/aromatic N) is 1. The number of hydrogen-bond acceptors (Lipinski definition) is 4. The molecule has 1 unspecified atom stereocenters. The van der Waals surface area contributed by atoms with E-state index >= 15 is 0 Å². The second-order valence-corrected chi connectivity index (χ2v) is 12.1. The van der Waals surface area contributed by atoms with Crippen LogP contribution < -0.4 is 4.90 Å². The molecule has 3 atom stereocenters. The zero-order valence-corrected chi connectivity index (χ0v) is 22.7. The molecule has 0 aromatic heterocycles. The van der Waals surface area contributed by atoms with Gasteiger partial charge in [-0.25, -0.2) is 0 Å². The van der Waals surface area contributed by atoms with E-state index in [0.29, 0.717) is 21.8 Å². The molecular weight excluding hydrogens is 539 g/mol. The van der Waals surface area contributed by atoms with Gasteiger partial charge in [-0.2, -0.15) is 13.2 Å². The predicted octanol–water partition coefficient (Wildman–Crippen LogP) is 7.41. The second-order valence-electron chi connectivity index (χ2n) is 11.6. The fraction of sp³-hybridized carbons (Fsp3) is 0.281. The van der Waals surface area contributed by atoms with E-state index in [2.05, 4.69) is 0 Å². The van der Waals surface area contributed by atoms with Gasteiger partial charge in [0.2, 0.25) is 0 Å². The van der Waals surface area contributed by atoms with E-state index in [1.165, 1.54) is 12.1 Å². The molecule has 8 heteroatoms. The van der Waals surface area contributed by atoms with Crippen LogP contribution in [0, 0.1) is 10.8 Å². The molecule has 204 valence electrons. The Bertz CT molecular complexity index is 1580. The summed E-state index contributed by atoms with van der Waals surface area (Å²) in [7, 11) is 0. The highest BCUT2D eigenvalue weighted by molar-refractivity contribution is 6.32. The molecule has 0 saturated carbocycles. The summed E-state index contributed by atoms with van der Waals surface area (Å²) in [5.41, 5.74) is -1.33. The number of halogens is 4. The van der Waals surface area contributed by atoms with Gasteiger partial charge in [0.1, 0.15) is 5.41 Å². The van der Waals surface area contributed by atoms with Crippen molar-refractivity contribution in [3.8, 4) is 0 Å². The van der Waals surface area contributed by atoms with E-state index in [-0.39, 0.29) is 16.9 Å². The minimum atomic E-state index is -4.57. The van der Waals surface area contributed by atoms with Crippen molar-refractivity contribution in [3.05, 3.63) is 106 Å². The molecule has 2 heterocycles. The quantitative estimate of drug-likeness (QED) is 0.305. The van der Waals surface area contributed by atoms with Crippen molar-refractivity contribution in [2.24, 2.45) is 10.8 Å². The van der Waals surface area contributed by atoms with Gasteiger partial charge < -0.3 is 4.90 Å². The van der Waals surface area contributed by atoms with Gasteiger partial charge in [-0.05, 0) is 41.5 Å². The molecular formula is C32H25ClF3NO3. The van der Waals surface area contributed by atoms with Crippen molar-refractivity contribution in [1.29, 1.82) is 0 Å². The number of carbonyl (C=O) groups is 3. The normalized spacial score (nSPS) is 22.9. The predicted molar refractivity (Wildman–Crippen MR) is 147 cm³/mol. The van der Waals surface area contributed by atoms with Crippen LogP contribution in [0.1, 0.15) is 64.1 Å². The first-order valence-electron chi connectivity index (χ1n) is 12.9. The highest BCUT2D eigenvalue weighted by atomic mass is 35.5. The van der Waals surface area contributed by atoms with Gasteiger partial charge in [0.25, 0.3) is 0 Å². The maximum absolute atomic E-state index is 14.5. The standard InChI is InChI=1S/C32H25ClF3NO3/c1-30(2,3)29(40)26-25(17-8-11-19(12-9-17)32(34,35)36)31(27(38)21-6-4-5-7-22(21)28(31)39)24-15-10-18-16-20(33)13-14-23(18)37(24)26/h4-16,24-26H,1-3H3/t24?,25-,26+/m0/s1. The van der Waals surface area contributed by atoms with Crippen molar-refractivity contribution in [3.63, 3.8) is 0 Å². The van der Waals surface area contributed by atoms with Gasteiger partial charge in [0.15, 0.2) is 17.3 Å². The van der Waals surface area contributed by atoms with Gasteiger partial charge in [-0.3, -0.25) is 14.4 Å². The minimum Gasteiger partial charge on any atom is -0.352 e. The van der Waals surface area contributed by atoms with Crippen LogP contribution in [-0.2, 0) is 11.0 Å². The third-order valence-corrected chi connectivity index (χ3v) is 8.61. The molecule has 1 saturated heterocycles. The lowest BCUT2D eigenvalue weighted by Gasteiger charge is -2.38. The number of anilines is 1. The van der Waals surface area contributed by atoms with Crippen LogP contribution in [0.2, 0.25) is 5.02 Å². The van der Waals surface area contributed by atoms with Gasteiger partial charge in [-0.1, -0.05) is 80.9 Å². The lowest BCUT2D eigenvalue weighted by molar-refractivity contribution is -0.137. The van der Waals surface area contributed by atoms with Crippen molar-refractivity contribution in [1.82, 2.24) is 0 Å². The smallest absolute Gasteiger partial charge is 0.352 e. The molecule has 3 aromatic rings. The van der Waals surface area contributed by atoms with E-state index in [1.54, 1.807) is 75.4 Å². The summed E-state index contributed by atoms with van der Waals surface area (Å²) in [6.07, 6.45) is -1.02. The summed E-state index contributed by atoms with van der Waals surface area (Å²) in [6, 6.07) is 14.3. The zero-order valence-electron chi connectivity index (χ0n) is 21.9. The van der Waals surface area contributed by atoms with Gasteiger partial charge in [0, 0.05) is 33.2 Å².